The molecule has 10 heavy (non-hydrogen) atoms. The summed E-state index contributed by atoms with van der Waals surface area (Å²) >= 11 is 0. The lowest BCUT2D eigenvalue weighted by atomic mass is 10.4. The molecule has 0 fully saturated rings. The molecule has 1 atom stereocenters. The van der Waals surface area contributed by atoms with Crippen molar-refractivity contribution in [1.29, 1.82) is 0 Å². The summed E-state index contributed by atoms with van der Waals surface area (Å²) in [4.78, 5) is 0. The van der Waals surface area contributed by atoms with Gasteiger partial charge in [0, 0.05) is 7.11 Å². The molecule has 0 heterocycles. The quantitative estimate of drug-likeness (QED) is 0.429. The second kappa shape index (κ2) is 6.74. The van der Waals surface area contributed by atoms with E-state index in [1.165, 1.54) is 0 Å². The zero-order chi connectivity index (χ0) is 7.82. The van der Waals surface area contributed by atoms with Gasteiger partial charge in [0.25, 0.3) is 0 Å². The molecule has 0 aliphatic heterocycles. The summed E-state index contributed by atoms with van der Waals surface area (Å²) in [5.74, 6) is 0. The minimum Gasteiger partial charge on any atom is -0.394 e. The fourth-order valence-electron chi connectivity index (χ4n) is 0.496. The van der Waals surface area contributed by atoms with Gasteiger partial charge in [-0.3, -0.25) is 0 Å². The van der Waals surface area contributed by atoms with Crippen LogP contribution >= 0.6 is 0 Å². The van der Waals surface area contributed by atoms with Gasteiger partial charge < -0.3 is 14.6 Å². The highest BCUT2D eigenvalue weighted by Crippen LogP contribution is 1.90. The van der Waals surface area contributed by atoms with Crippen LogP contribution < -0.4 is 0 Å². The van der Waals surface area contributed by atoms with Crippen LogP contribution in [0.1, 0.15) is 0 Å². The predicted molar refractivity (Wildman–Crippen MR) is 38.9 cm³/mol. The zero-order valence-electron chi connectivity index (χ0n) is 6.25. The van der Waals surface area contributed by atoms with Gasteiger partial charge >= 0.3 is 0 Å². The molecule has 0 bridgehead atoms. The van der Waals surface area contributed by atoms with E-state index in [0.29, 0.717) is 13.2 Å². The van der Waals surface area contributed by atoms with Crippen LogP contribution in [-0.4, -0.2) is 38.1 Å². The Balaban J connectivity index is 3.17. The fourth-order valence-corrected chi connectivity index (χ4v) is 0.496. The number of hydrogen-bond donors (Lipinski definition) is 1. The lowest BCUT2D eigenvalue weighted by Gasteiger charge is -2.09. The molecule has 0 aliphatic carbocycles. The molecule has 3 nitrogen and oxygen atoms in total. The van der Waals surface area contributed by atoms with Gasteiger partial charge in [-0.2, -0.15) is 0 Å². The molecular weight excluding hydrogens is 132 g/mol. The Morgan fingerprint density at radius 1 is 1.70 bits per heavy atom. The molecule has 0 aliphatic rings. The van der Waals surface area contributed by atoms with Crippen molar-refractivity contribution < 1.29 is 14.6 Å². The van der Waals surface area contributed by atoms with Crippen LogP contribution in [0, 0.1) is 0 Å². The normalized spacial score (nSPS) is 13.0. The van der Waals surface area contributed by atoms with Crippen molar-refractivity contribution in [2.75, 3.05) is 26.9 Å². The lowest BCUT2D eigenvalue weighted by molar-refractivity contribution is 0.0196. The van der Waals surface area contributed by atoms with Crippen LogP contribution in [0.3, 0.4) is 0 Å². The molecule has 60 valence electrons. The van der Waals surface area contributed by atoms with Gasteiger partial charge in [0.15, 0.2) is 0 Å². The molecule has 0 aromatic rings. The van der Waals surface area contributed by atoms with Crippen LogP contribution in [0.5, 0.6) is 0 Å². The molecule has 3 heteroatoms. The smallest absolute Gasteiger partial charge is 0.0982 e. The minimum atomic E-state index is -0.0634. The van der Waals surface area contributed by atoms with Gasteiger partial charge in [-0.25, -0.2) is 0 Å². The Hall–Kier alpha value is -0.380. The summed E-state index contributed by atoms with van der Waals surface area (Å²) in [6.07, 6.45) is 1.60. The van der Waals surface area contributed by atoms with Crippen LogP contribution in [0.25, 0.3) is 0 Å². The van der Waals surface area contributed by atoms with Gasteiger partial charge in [0.2, 0.25) is 0 Å². The third-order valence-corrected chi connectivity index (χ3v) is 1.08. The van der Waals surface area contributed by atoms with Gasteiger partial charge in [-0.05, 0) is 0 Å². The van der Waals surface area contributed by atoms with Crippen molar-refractivity contribution >= 4 is 0 Å². The highest BCUT2D eigenvalue weighted by Gasteiger charge is 1.99. The maximum absolute atomic E-state index is 8.33. The largest absolute Gasteiger partial charge is 0.394 e. The van der Waals surface area contributed by atoms with Crippen molar-refractivity contribution in [3.8, 4) is 0 Å². The van der Waals surface area contributed by atoms with E-state index in [2.05, 4.69) is 6.58 Å². The van der Waals surface area contributed by atoms with Crippen LogP contribution in [0.15, 0.2) is 12.7 Å². The number of aliphatic hydroxyl groups is 1. The second-order valence-corrected chi connectivity index (χ2v) is 1.81. The van der Waals surface area contributed by atoms with E-state index in [4.69, 9.17) is 14.6 Å². The van der Waals surface area contributed by atoms with Crippen LogP contribution in [0.2, 0.25) is 0 Å². The summed E-state index contributed by atoms with van der Waals surface area (Å²) in [5.41, 5.74) is 0. The molecule has 0 rings (SSSR count). The molecular formula is C7H14O3. The Morgan fingerprint density at radius 2 is 2.40 bits per heavy atom. The third-order valence-electron chi connectivity index (χ3n) is 1.08. The Labute approximate surface area is 61.3 Å². The molecule has 0 spiro atoms. The zero-order valence-corrected chi connectivity index (χ0v) is 6.25. The predicted octanol–water partition coefficient (Wildman–Crippen LogP) is 0.196. The molecule has 0 saturated heterocycles. The van der Waals surface area contributed by atoms with Crippen LogP contribution in [-0.2, 0) is 9.47 Å². The molecule has 1 unspecified atom stereocenters. The van der Waals surface area contributed by atoms with Crippen LogP contribution in [0.4, 0.5) is 0 Å². The van der Waals surface area contributed by atoms with Gasteiger partial charge in [-0.15, -0.1) is 6.58 Å². The number of ether oxygens (including phenoxy) is 2. The first kappa shape index (κ1) is 9.62. The first-order chi connectivity index (χ1) is 4.85. The number of rotatable bonds is 6. The van der Waals surface area contributed by atoms with E-state index in [0.717, 1.165) is 0 Å². The van der Waals surface area contributed by atoms with E-state index >= 15 is 0 Å². The highest BCUT2D eigenvalue weighted by molar-refractivity contribution is 4.78. The number of methoxy groups -OCH3 is 1. The van der Waals surface area contributed by atoms with Crippen molar-refractivity contribution in [1.82, 2.24) is 0 Å². The molecule has 0 aromatic heterocycles. The maximum Gasteiger partial charge on any atom is 0.0982 e. The second-order valence-electron chi connectivity index (χ2n) is 1.81. The molecule has 0 radical (unpaired) electrons. The Bertz CT molecular complexity index is 82.9. The molecule has 0 saturated carbocycles. The highest BCUT2D eigenvalue weighted by atomic mass is 16.5. The molecule has 0 amide bonds. The average molecular weight is 146 g/mol. The third kappa shape index (κ3) is 4.49. The fraction of sp³-hybridized carbons (Fsp3) is 0.714. The Morgan fingerprint density at radius 3 is 2.80 bits per heavy atom. The summed E-state index contributed by atoms with van der Waals surface area (Å²) in [5, 5.41) is 8.33. The van der Waals surface area contributed by atoms with Gasteiger partial charge in [0.1, 0.15) is 0 Å². The summed E-state index contributed by atoms with van der Waals surface area (Å²) in [7, 11) is 1.59. The van der Waals surface area contributed by atoms with Crippen molar-refractivity contribution in [3.05, 3.63) is 12.7 Å². The number of hydrogen-bond acceptors (Lipinski definition) is 3. The first-order valence-corrected chi connectivity index (χ1v) is 3.19. The Kier molecular flexibility index (Phi) is 6.48. The minimum absolute atomic E-state index is 0.0492. The first-order valence-electron chi connectivity index (χ1n) is 3.19. The number of aliphatic hydroxyl groups excluding tert-OH is 1. The van der Waals surface area contributed by atoms with E-state index in [1.807, 2.05) is 0 Å². The van der Waals surface area contributed by atoms with Crippen molar-refractivity contribution in [2.24, 2.45) is 0 Å². The maximum atomic E-state index is 8.33. The standard InChI is InChI=1S/C7H14O3/c1-3-7(9-2)6-10-5-4-8/h3,7-8H,1,4-6H2,2H3. The molecule has 1 N–H and O–H groups in total. The molecule has 0 aromatic carbocycles. The summed E-state index contributed by atoms with van der Waals surface area (Å²) < 4.78 is 9.90. The van der Waals surface area contributed by atoms with E-state index in [-0.39, 0.29) is 12.7 Å². The van der Waals surface area contributed by atoms with Gasteiger partial charge in [-0.1, -0.05) is 6.08 Å². The van der Waals surface area contributed by atoms with E-state index in [1.54, 1.807) is 13.2 Å². The average Bonchev–Trinajstić information content (AvgIpc) is 1.99. The van der Waals surface area contributed by atoms with Crippen molar-refractivity contribution in [3.63, 3.8) is 0 Å². The lowest BCUT2D eigenvalue weighted by Crippen LogP contribution is -2.16. The van der Waals surface area contributed by atoms with Gasteiger partial charge in [0.05, 0.1) is 25.9 Å². The van der Waals surface area contributed by atoms with Crippen molar-refractivity contribution in [2.45, 2.75) is 6.10 Å². The topological polar surface area (TPSA) is 38.7 Å². The SMILES string of the molecule is C=CC(COCCO)OC. The monoisotopic (exact) mass is 146 g/mol. The summed E-state index contributed by atoms with van der Waals surface area (Å²) in [6.45, 7) is 4.41. The van der Waals surface area contributed by atoms with E-state index in [9.17, 15) is 0 Å². The van der Waals surface area contributed by atoms with E-state index < -0.39 is 0 Å². The summed E-state index contributed by atoms with van der Waals surface area (Å²) in [6, 6.07) is 0.